The van der Waals surface area contributed by atoms with Gasteiger partial charge in [0.15, 0.2) is 0 Å². The maximum Gasteiger partial charge on any atom is 0.405 e. The van der Waals surface area contributed by atoms with Gasteiger partial charge in [0, 0.05) is 5.92 Å². The van der Waals surface area contributed by atoms with Gasteiger partial charge in [0.1, 0.15) is 6.04 Å². The maximum atomic E-state index is 12.3. The lowest BCUT2D eigenvalue weighted by Gasteiger charge is -2.26. The van der Waals surface area contributed by atoms with Gasteiger partial charge in [0.05, 0.1) is 7.11 Å². The van der Waals surface area contributed by atoms with E-state index in [1.807, 2.05) is 60.7 Å². The molecule has 0 aliphatic heterocycles. The first-order valence-electron chi connectivity index (χ1n) is 7.05. The molecule has 2 aromatic carbocycles. The molecular weight excluding hydrogens is 296 g/mol. The summed E-state index contributed by atoms with van der Waals surface area (Å²) in [5, 5.41) is 11.4. The first-order chi connectivity index (χ1) is 11.1. The predicted molar refractivity (Wildman–Crippen MR) is 84.8 cm³/mol. The van der Waals surface area contributed by atoms with E-state index in [1.54, 1.807) is 0 Å². The monoisotopic (exact) mass is 314 g/mol. The van der Waals surface area contributed by atoms with Crippen LogP contribution >= 0.6 is 0 Å². The van der Waals surface area contributed by atoms with Gasteiger partial charge >= 0.3 is 6.09 Å². The number of hydrogen-bond donors (Lipinski definition) is 3. The minimum absolute atomic E-state index is 0.483. The van der Waals surface area contributed by atoms with Crippen LogP contribution in [-0.4, -0.2) is 30.3 Å². The van der Waals surface area contributed by atoms with Gasteiger partial charge in [-0.25, -0.2) is 10.3 Å². The molecule has 120 valence electrons. The van der Waals surface area contributed by atoms with Crippen LogP contribution in [0.15, 0.2) is 60.7 Å². The highest BCUT2D eigenvalue weighted by Gasteiger charge is 2.32. The number of carboxylic acid groups (broad SMARTS) is 1. The van der Waals surface area contributed by atoms with Crippen LogP contribution in [0.2, 0.25) is 0 Å². The van der Waals surface area contributed by atoms with Crippen molar-refractivity contribution in [2.75, 3.05) is 7.11 Å². The zero-order chi connectivity index (χ0) is 16.7. The number of amides is 2. The fourth-order valence-corrected chi connectivity index (χ4v) is 2.50. The van der Waals surface area contributed by atoms with Crippen LogP contribution in [-0.2, 0) is 9.63 Å². The molecule has 0 bridgehead atoms. The average Bonchev–Trinajstić information content (AvgIpc) is 2.56. The number of hydrogen-bond acceptors (Lipinski definition) is 3. The second-order valence-electron chi connectivity index (χ2n) is 4.90. The highest BCUT2D eigenvalue weighted by molar-refractivity contribution is 5.86. The molecule has 23 heavy (non-hydrogen) atoms. The summed E-state index contributed by atoms with van der Waals surface area (Å²) in [6, 6.07) is 17.5. The normalized spacial score (nSPS) is 11.7. The molecule has 0 heterocycles. The van der Waals surface area contributed by atoms with Gasteiger partial charge in [-0.2, -0.15) is 0 Å². The molecule has 2 rings (SSSR count). The molecule has 2 amide bonds. The Balaban J connectivity index is 2.48. The Kier molecular flexibility index (Phi) is 5.71. The first-order valence-corrected chi connectivity index (χ1v) is 7.05. The predicted octanol–water partition coefficient (Wildman–Crippen LogP) is 2.13. The van der Waals surface area contributed by atoms with E-state index in [4.69, 9.17) is 5.11 Å². The second kappa shape index (κ2) is 7.95. The number of carbonyl (C=O) groups excluding carboxylic acids is 1. The Morgan fingerprint density at radius 1 is 0.957 bits per heavy atom. The molecule has 0 fully saturated rings. The van der Waals surface area contributed by atoms with Crippen LogP contribution in [0.25, 0.3) is 0 Å². The summed E-state index contributed by atoms with van der Waals surface area (Å²) in [5.74, 6) is -1.05. The van der Waals surface area contributed by atoms with Crippen LogP contribution in [0.4, 0.5) is 4.79 Å². The summed E-state index contributed by atoms with van der Waals surface area (Å²) in [6.45, 7) is 0. The van der Waals surface area contributed by atoms with E-state index in [0.29, 0.717) is 0 Å². The van der Waals surface area contributed by atoms with Gasteiger partial charge in [-0.15, -0.1) is 0 Å². The molecular formula is C17H18N2O4. The van der Waals surface area contributed by atoms with Crippen LogP contribution in [0.5, 0.6) is 0 Å². The van der Waals surface area contributed by atoms with Crippen molar-refractivity contribution in [1.29, 1.82) is 0 Å². The van der Waals surface area contributed by atoms with Gasteiger partial charge in [-0.05, 0) is 11.1 Å². The number of rotatable bonds is 6. The van der Waals surface area contributed by atoms with E-state index in [0.717, 1.165) is 11.1 Å². The lowest BCUT2D eigenvalue weighted by atomic mass is 9.84. The molecule has 0 radical (unpaired) electrons. The Hall–Kier alpha value is -2.86. The highest BCUT2D eigenvalue weighted by atomic mass is 16.6. The number of benzene rings is 2. The third-order valence-corrected chi connectivity index (χ3v) is 3.41. The van der Waals surface area contributed by atoms with Crippen molar-refractivity contribution in [2.24, 2.45) is 0 Å². The smallest absolute Gasteiger partial charge is 0.405 e. The van der Waals surface area contributed by atoms with E-state index < -0.39 is 24.0 Å². The molecule has 0 saturated heterocycles. The topological polar surface area (TPSA) is 87.7 Å². The van der Waals surface area contributed by atoms with Gasteiger partial charge in [-0.1, -0.05) is 60.7 Å². The Morgan fingerprint density at radius 2 is 1.43 bits per heavy atom. The molecule has 0 aliphatic rings. The highest BCUT2D eigenvalue weighted by Crippen LogP contribution is 2.28. The third-order valence-electron chi connectivity index (χ3n) is 3.41. The van der Waals surface area contributed by atoms with Crippen molar-refractivity contribution in [2.45, 2.75) is 12.0 Å². The minimum atomic E-state index is -1.28. The molecule has 0 unspecified atom stereocenters. The number of nitrogens with one attached hydrogen (secondary N) is 2. The van der Waals surface area contributed by atoms with Crippen LogP contribution < -0.4 is 10.8 Å². The SMILES string of the molecule is CONC(=O)[C@H](NC(=O)O)C(c1ccccc1)c1ccccc1. The molecule has 0 spiro atoms. The maximum absolute atomic E-state index is 12.3. The number of carbonyl (C=O) groups is 2. The van der Waals surface area contributed by atoms with E-state index in [9.17, 15) is 9.59 Å². The molecule has 0 aromatic heterocycles. The van der Waals surface area contributed by atoms with Crippen LogP contribution in [0.1, 0.15) is 17.0 Å². The van der Waals surface area contributed by atoms with Gasteiger partial charge in [-0.3, -0.25) is 9.63 Å². The van der Waals surface area contributed by atoms with Crippen molar-refractivity contribution in [1.82, 2.24) is 10.8 Å². The standard InChI is InChI=1S/C17H18N2O4/c1-23-19-16(20)15(18-17(21)22)14(12-8-4-2-5-9-12)13-10-6-3-7-11-13/h2-11,14-15,18H,1H3,(H,19,20)(H,21,22)/t15-/m1/s1. The largest absolute Gasteiger partial charge is 0.465 e. The number of hydroxylamine groups is 1. The summed E-state index contributed by atoms with van der Waals surface area (Å²) in [7, 11) is 1.30. The lowest BCUT2D eigenvalue weighted by Crippen LogP contribution is -2.49. The second-order valence-corrected chi connectivity index (χ2v) is 4.90. The Bertz CT molecular complexity index is 607. The van der Waals surface area contributed by atoms with Gasteiger partial charge in [0.25, 0.3) is 5.91 Å². The summed E-state index contributed by atoms with van der Waals surface area (Å²) in [6.07, 6.45) is -1.28. The molecule has 1 atom stereocenters. The van der Waals surface area contributed by atoms with Crippen molar-refractivity contribution >= 4 is 12.0 Å². The molecule has 6 heteroatoms. The van der Waals surface area contributed by atoms with Crippen molar-refractivity contribution < 1.29 is 19.5 Å². The Labute approximate surface area is 134 Å². The summed E-state index contributed by atoms with van der Waals surface area (Å²) in [4.78, 5) is 28.1. The van der Waals surface area contributed by atoms with Crippen molar-refractivity contribution in [3.63, 3.8) is 0 Å². The van der Waals surface area contributed by atoms with Gasteiger partial charge < -0.3 is 10.4 Å². The fourth-order valence-electron chi connectivity index (χ4n) is 2.50. The Morgan fingerprint density at radius 3 is 1.83 bits per heavy atom. The van der Waals surface area contributed by atoms with E-state index >= 15 is 0 Å². The fraction of sp³-hybridized carbons (Fsp3) is 0.176. The summed E-state index contributed by atoms with van der Waals surface area (Å²) >= 11 is 0. The molecule has 0 aliphatic carbocycles. The molecule has 6 nitrogen and oxygen atoms in total. The van der Waals surface area contributed by atoms with Crippen LogP contribution in [0, 0.1) is 0 Å². The molecule has 3 N–H and O–H groups in total. The van der Waals surface area contributed by atoms with E-state index in [2.05, 4.69) is 15.6 Å². The average molecular weight is 314 g/mol. The zero-order valence-corrected chi connectivity index (χ0v) is 12.6. The summed E-state index contributed by atoms with van der Waals surface area (Å²) in [5.41, 5.74) is 3.85. The molecule has 0 saturated carbocycles. The van der Waals surface area contributed by atoms with E-state index in [-0.39, 0.29) is 0 Å². The summed E-state index contributed by atoms with van der Waals surface area (Å²) < 4.78 is 0. The van der Waals surface area contributed by atoms with Crippen LogP contribution in [0.3, 0.4) is 0 Å². The first kappa shape index (κ1) is 16.5. The van der Waals surface area contributed by atoms with E-state index in [1.165, 1.54) is 7.11 Å². The third kappa shape index (κ3) is 4.31. The zero-order valence-electron chi connectivity index (χ0n) is 12.6. The van der Waals surface area contributed by atoms with Gasteiger partial charge in [0.2, 0.25) is 0 Å². The van der Waals surface area contributed by atoms with Crippen molar-refractivity contribution in [3.8, 4) is 0 Å². The lowest BCUT2D eigenvalue weighted by molar-refractivity contribution is -0.133. The minimum Gasteiger partial charge on any atom is -0.465 e. The quantitative estimate of drug-likeness (QED) is 0.713. The van der Waals surface area contributed by atoms with Crippen molar-refractivity contribution in [3.05, 3.63) is 71.8 Å². The molecule has 2 aromatic rings.